The first-order valence-electron chi connectivity index (χ1n) is 13.1. The van der Waals surface area contributed by atoms with Crippen molar-refractivity contribution in [3.05, 3.63) is 28.2 Å². The third-order valence-corrected chi connectivity index (χ3v) is 7.04. The summed E-state index contributed by atoms with van der Waals surface area (Å²) in [7, 11) is 0. The van der Waals surface area contributed by atoms with Crippen LogP contribution in [0.2, 0.25) is 0 Å². The number of aromatic amines is 1. The summed E-state index contributed by atoms with van der Waals surface area (Å²) in [5, 5.41) is 7.35. The van der Waals surface area contributed by atoms with Crippen molar-refractivity contribution in [2.24, 2.45) is 5.92 Å². The summed E-state index contributed by atoms with van der Waals surface area (Å²) >= 11 is 6.36. The highest BCUT2D eigenvalue weighted by molar-refractivity contribution is 6.20. The lowest BCUT2D eigenvalue weighted by molar-refractivity contribution is 0.302. The molecule has 0 bridgehead atoms. The van der Waals surface area contributed by atoms with Gasteiger partial charge in [-0.2, -0.15) is 5.10 Å². The van der Waals surface area contributed by atoms with E-state index in [-0.39, 0.29) is 16.4 Å². The van der Waals surface area contributed by atoms with Gasteiger partial charge in [-0.25, -0.2) is 5.10 Å². The molecule has 0 aromatic carbocycles. The van der Waals surface area contributed by atoms with Crippen LogP contribution in [0.1, 0.15) is 136 Å². The van der Waals surface area contributed by atoms with Crippen molar-refractivity contribution in [3.63, 3.8) is 0 Å². The molecular formula is C27H49ClN2O. The zero-order valence-electron chi connectivity index (χ0n) is 20.9. The van der Waals surface area contributed by atoms with Crippen LogP contribution in [0.15, 0.2) is 16.9 Å². The van der Waals surface area contributed by atoms with Crippen molar-refractivity contribution < 1.29 is 0 Å². The van der Waals surface area contributed by atoms with Gasteiger partial charge in [-0.05, 0) is 44.6 Å². The van der Waals surface area contributed by atoms with Crippen molar-refractivity contribution in [2.45, 2.75) is 141 Å². The van der Waals surface area contributed by atoms with E-state index in [1.807, 2.05) is 6.07 Å². The quantitative estimate of drug-likeness (QED) is 0.169. The molecule has 0 aliphatic carbocycles. The Morgan fingerprint density at radius 3 is 2.06 bits per heavy atom. The van der Waals surface area contributed by atoms with Crippen LogP contribution in [-0.2, 0) is 5.41 Å². The van der Waals surface area contributed by atoms with Crippen LogP contribution >= 0.6 is 11.6 Å². The minimum Gasteiger partial charge on any atom is -0.268 e. The number of hydrogen-bond acceptors (Lipinski definition) is 2. The summed E-state index contributed by atoms with van der Waals surface area (Å²) in [6.45, 7) is 9.00. The number of aromatic nitrogens is 2. The SMILES string of the molecule is CCCCCCCCCCCC(C)(CCC(CCCC)CC(C)Cl)c1ccc(=O)[nH]n1. The van der Waals surface area contributed by atoms with Gasteiger partial charge >= 0.3 is 0 Å². The molecule has 3 nitrogen and oxygen atoms in total. The Hall–Kier alpha value is -0.830. The minimum atomic E-state index is -0.119. The van der Waals surface area contributed by atoms with Gasteiger partial charge in [0.25, 0.3) is 5.56 Å². The fraction of sp³-hybridized carbons (Fsp3) is 0.852. The summed E-state index contributed by atoms with van der Waals surface area (Å²) in [5.74, 6) is 0.678. The fourth-order valence-electron chi connectivity index (χ4n) is 4.74. The second kappa shape index (κ2) is 16.8. The van der Waals surface area contributed by atoms with Gasteiger partial charge < -0.3 is 0 Å². The Bertz CT molecular complexity index is 595. The van der Waals surface area contributed by atoms with Crippen LogP contribution in [0.5, 0.6) is 0 Å². The molecule has 180 valence electrons. The molecule has 31 heavy (non-hydrogen) atoms. The number of nitrogens with one attached hydrogen (secondary N) is 1. The monoisotopic (exact) mass is 452 g/mol. The highest BCUT2D eigenvalue weighted by atomic mass is 35.5. The lowest BCUT2D eigenvalue weighted by Gasteiger charge is -2.31. The summed E-state index contributed by atoms with van der Waals surface area (Å²) < 4.78 is 0. The second-order valence-electron chi connectivity index (χ2n) is 10.0. The number of nitrogens with zero attached hydrogens (tertiary/aromatic N) is 1. The molecule has 0 spiro atoms. The third kappa shape index (κ3) is 12.7. The highest BCUT2D eigenvalue weighted by Crippen LogP contribution is 2.36. The van der Waals surface area contributed by atoms with E-state index < -0.39 is 0 Å². The molecule has 1 aromatic rings. The van der Waals surface area contributed by atoms with Gasteiger partial charge in [-0.3, -0.25) is 4.79 Å². The van der Waals surface area contributed by atoms with Crippen LogP contribution in [0.25, 0.3) is 0 Å². The molecular weight excluding hydrogens is 404 g/mol. The Balaban J connectivity index is 2.61. The smallest absolute Gasteiger partial charge is 0.264 e. The summed E-state index contributed by atoms with van der Waals surface area (Å²) in [6.07, 6.45) is 20.4. The Morgan fingerprint density at radius 1 is 0.903 bits per heavy atom. The molecule has 3 atom stereocenters. The van der Waals surface area contributed by atoms with E-state index in [0.29, 0.717) is 5.92 Å². The van der Waals surface area contributed by atoms with Gasteiger partial charge in [0.05, 0.1) is 5.69 Å². The van der Waals surface area contributed by atoms with E-state index in [2.05, 4.69) is 37.9 Å². The van der Waals surface area contributed by atoms with Crippen LogP contribution < -0.4 is 5.56 Å². The maximum absolute atomic E-state index is 11.5. The average Bonchev–Trinajstić information content (AvgIpc) is 2.74. The normalized spacial score (nSPS) is 15.5. The number of H-pyrrole nitrogens is 1. The molecule has 0 fully saturated rings. The van der Waals surface area contributed by atoms with E-state index in [1.165, 1.54) is 83.5 Å². The predicted octanol–water partition coefficient (Wildman–Crippen LogP) is 8.55. The van der Waals surface area contributed by atoms with Crippen molar-refractivity contribution in [1.82, 2.24) is 10.2 Å². The van der Waals surface area contributed by atoms with E-state index >= 15 is 0 Å². The molecule has 1 N–H and O–H groups in total. The largest absolute Gasteiger partial charge is 0.268 e. The third-order valence-electron chi connectivity index (χ3n) is 6.86. The summed E-state index contributed by atoms with van der Waals surface area (Å²) in [4.78, 5) is 11.5. The van der Waals surface area contributed by atoms with Crippen LogP contribution in [0.3, 0.4) is 0 Å². The van der Waals surface area contributed by atoms with Gasteiger partial charge in [-0.1, -0.05) is 97.8 Å². The van der Waals surface area contributed by atoms with E-state index in [1.54, 1.807) is 6.07 Å². The first kappa shape index (κ1) is 28.2. The first-order chi connectivity index (χ1) is 14.9. The number of hydrogen-bond donors (Lipinski definition) is 1. The summed E-state index contributed by atoms with van der Waals surface area (Å²) in [5.41, 5.74) is 0.941. The lowest BCUT2D eigenvalue weighted by Crippen LogP contribution is -2.27. The van der Waals surface area contributed by atoms with E-state index in [4.69, 9.17) is 11.6 Å². The molecule has 1 rings (SSSR count). The van der Waals surface area contributed by atoms with Crippen LogP contribution in [0.4, 0.5) is 0 Å². The predicted molar refractivity (Wildman–Crippen MR) is 136 cm³/mol. The number of halogens is 1. The molecule has 1 aromatic heterocycles. The Kier molecular flexibility index (Phi) is 15.2. The zero-order chi connectivity index (χ0) is 23.0. The number of rotatable bonds is 19. The average molecular weight is 453 g/mol. The van der Waals surface area contributed by atoms with E-state index in [0.717, 1.165) is 25.0 Å². The second-order valence-corrected chi connectivity index (χ2v) is 10.8. The first-order valence-corrected chi connectivity index (χ1v) is 13.5. The van der Waals surface area contributed by atoms with Crippen molar-refractivity contribution in [1.29, 1.82) is 0 Å². The molecule has 0 saturated carbocycles. The molecule has 3 unspecified atom stereocenters. The Morgan fingerprint density at radius 2 is 1.52 bits per heavy atom. The van der Waals surface area contributed by atoms with Gasteiger partial charge in [0.2, 0.25) is 0 Å². The molecule has 4 heteroatoms. The maximum atomic E-state index is 11.5. The molecule has 0 amide bonds. The molecule has 1 heterocycles. The molecule has 0 radical (unpaired) electrons. The van der Waals surface area contributed by atoms with Crippen molar-refractivity contribution in [3.8, 4) is 0 Å². The van der Waals surface area contributed by atoms with Gasteiger partial charge in [0, 0.05) is 16.9 Å². The minimum absolute atomic E-state index is 0.0192. The fourth-order valence-corrected chi connectivity index (χ4v) is 4.99. The summed E-state index contributed by atoms with van der Waals surface area (Å²) in [6, 6.07) is 3.57. The standard InChI is InChI=1S/C27H49ClN2O/c1-5-7-9-10-11-12-13-14-15-20-27(4,25-17-18-26(31)30-29-25)21-19-24(16-8-6-2)22-23(3)28/h17-18,23-24H,5-16,19-22H2,1-4H3,(H,30,31). The highest BCUT2D eigenvalue weighted by Gasteiger charge is 2.29. The van der Waals surface area contributed by atoms with Crippen molar-refractivity contribution in [2.75, 3.05) is 0 Å². The Labute approximate surface area is 197 Å². The number of unbranched alkanes of at least 4 members (excludes halogenated alkanes) is 9. The number of alkyl halides is 1. The topological polar surface area (TPSA) is 45.8 Å². The van der Waals surface area contributed by atoms with Gasteiger partial charge in [-0.15, -0.1) is 11.6 Å². The molecule has 0 aliphatic rings. The molecule has 0 aliphatic heterocycles. The van der Waals surface area contributed by atoms with Crippen LogP contribution in [-0.4, -0.2) is 15.6 Å². The van der Waals surface area contributed by atoms with Crippen molar-refractivity contribution >= 4 is 11.6 Å². The maximum Gasteiger partial charge on any atom is 0.264 e. The zero-order valence-corrected chi connectivity index (χ0v) is 21.6. The van der Waals surface area contributed by atoms with Crippen LogP contribution in [0, 0.1) is 5.92 Å². The van der Waals surface area contributed by atoms with E-state index in [9.17, 15) is 4.79 Å². The lowest BCUT2D eigenvalue weighted by atomic mass is 9.75. The van der Waals surface area contributed by atoms with Gasteiger partial charge in [0.1, 0.15) is 0 Å². The molecule has 0 saturated heterocycles. The van der Waals surface area contributed by atoms with Gasteiger partial charge in [0.15, 0.2) is 0 Å².